The predicted octanol–water partition coefficient (Wildman–Crippen LogP) is 0.633. The molecule has 1 aromatic carbocycles. The normalized spacial score (nSPS) is 14.1. The van der Waals surface area contributed by atoms with Crippen LogP contribution >= 0.6 is 0 Å². The molecule has 11 heteroatoms. The molecule has 0 aliphatic carbocycles. The summed E-state index contributed by atoms with van der Waals surface area (Å²) in [7, 11) is 0. The summed E-state index contributed by atoms with van der Waals surface area (Å²) >= 11 is 0. The fourth-order valence-electron chi connectivity index (χ4n) is 2.99. The van der Waals surface area contributed by atoms with Crippen LogP contribution in [0.1, 0.15) is 40.2 Å². The summed E-state index contributed by atoms with van der Waals surface area (Å²) in [6.07, 6.45) is 1.86. The Hall–Kier alpha value is -4.02. The van der Waals surface area contributed by atoms with Gasteiger partial charge in [-0.3, -0.25) is 34.2 Å². The molecule has 1 unspecified atom stereocenters. The number of nitrogens with one attached hydrogen (secondary N) is 2. The maximum Gasteiger partial charge on any atom is 0.309 e. The van der Waals surface area contributed by atoms with Crippen LogP contribution in [0.4, 0.5) is 0 Å². The number of ketones is 1. The Morgan fingerprint density at radius 3 is 2.11 bits per heavy atom. The fourth-order valence-corrected chi connectivity index (χ4v) is 2.99. The zero-order chi connectivity index (χ0) is 27.4. The number of hydrazine groups is 1. The molecule has 0 heterocycles. The molecule has 0 saturated carbocycles. The highest BCUT2D eigenvalue weighted by Gasteiger charge is 2.32. The lowest BCUT2D eigenvalue weighted by atomic mass is 9.84. The minimum atomic E-state index is -1.09. The van der Waals surface area contributed by atoms with Crippen molar-refractivity contribution in [2.24, 2.45) is 23.5 Å². The van der Waals surface area contributed by atoms with Crippen molar-refractivity contribution in [2.45, 2.75) is 47.3 Å². The van der Waals surface area contributed by atoms with Crippen molar-refractivity contribution in [3.63, 3.8) is 0 Å². The summed E-state index contributed by atoms with van der Waals surface area (Å²) in [5.41, 5.74) is 8.17. The summed E-state index contributed by atoms with van der Waals surface area (Å²) in [6.45, 7) is 7.13. The summed E-state index contributed by atoms with van der Waals surface area (Å²) < 4.78 is 5.36. The van der Waals surface area contributed by atoms with Crippen LogP contribution in [-0.2, 0) is 40.1 Å². The van der Waals surface area contributed by atoms with E-state index in [9.17, 15) is 28.8 Å². The molecule has 0 aliphatic heterocycles. The van der Waals surface area contributed by atoms with Crippen LogP contribution in [-0.4, -0.2) is 53.0 Å². The number of amides is 4. The molecular formula is C25H34N4O7. The molecule has 4 atom stereocenters. The van der Waals surface area contributed by atoms with E-state index in [0.29, 0.717) is 5.01 Å². The van der Waals surface area contributed by atoms with Crippen molar-refractivity contribution >= 4 is 35.4 Å². The van der Waals surface area contributed by atoms with Crippen LogP contribution in [0.2, 0.25) is 0 Å². The molecule has 1 aromatic rings. The van der Waals surface area contributed by atoms with Gasteiger partial charge in [0.15, 0.2) is 5.78 Å². The Balaban J connectivity index is 2.69. The van der Waals surface area contributed by atoms with Crippen molar-refractivity contribution < 1.29 is 33.5 Å². The number of esters is 1. The van der Waals surface area contributed by atoms with Crippen molar-refractivity contribution in [3.05, 3.63) is 48.0 Å². The number of rotatable bonds is 12. The van der Waals surface area contributed by atoms with Crippen LogP contribution < -0.4 is 16.5 Å². The van der Waals surface area contributed by atoms with E-state index in [1.165, 1.54) is 13.8 Å². The molecule has 0 radical (unpaired) electrons. The minimum absolute atomic E-state index is 0.122. The molecule has 0 fully saturated rings. The zero-order valence-electron chi connectivity index (χ0n) is 21.1. The number of nitrogens with two attached hydrogens (primary N) is 1. The van der Waals surface area contributed by atoms with E-state index in [2.05, 4.69) is 10.7 Å². The van der Waals surface area contributed by atoms with Gasteiger partial charge in [-0.15, -0.1) is 0 Å². The molecule has 11 nitrogen and oxygen atoms in total. The predicted molar refractivity (Wildman–Crippen MR) is 130 cm³/mol. The first-order valence-electron chi connectivity index (χ1n) is 11.4. The fraction of sp³-hybridized carbons (Fsp3) is 0.440. The van der Waals surface area contributed by atoms with E-state index in [0.717, 1.165) is 17.7 Å². The van der Waals surface area contributed by atoms with Gasteiger partial charge in [-0.2, -0.15) is 0 Å². The lowest BCUT2D eigenvalue weighted by Gasteiger charge is -2.26. The zero-order valence-corrected chi connectivity index (χ0v) is 21.1. The van der Waals surface area contributed by atoms with Crippen molar-refractivity contribution in [1.29, 1.82) is 0 Å². The third-order valence-electron chi connectivity index (χ3n) is 5.62. The van der Waals surface area contributed by atoms with Crippen LogP contribution in [0, 0.1) is 17.8 Å². The van der Waals surface area contributed by atoms with Gasteiger partial charge >= 0.3 is 5.97 Å². The number of hydrogen-bond acceptors (Lipinski definition) is 7. The molecule has 0 aromatic heterocycles. The number of carbonyl (C=O) groups excluding carboxylic acids is 6. The highest BCUT2D eigenvalue weighted by atomic mass is 16.5. The Bertz CT molecular complexity index is 993. The molecule has 0 saturated heterocycles. The van der Waals surface area contributed by atoms with Crippen LogP contribution in [0.15, 0.2) is 42.5 Å². The first-order chi connectivity index (χ1) is 16.8. The van der Waals surface area contributed by atoms with E-state index >= 15 is 0 Å². The van der Waals surface area contributed by atoms with Gasteiger partial charge < -0.3 is 15.8 Å². The highest BCUT2D eigenvalue weighted by molar-refractivity contribution is 5.99. The first-order valence-corrected chi connectivity index (χ1v) is 11.4. The van der Waals surface area contributed by atoms with Gasteiger partial charge in [0.1, 0.15) is 19.2 Å². The maximum absolute atomic E-state index is 12.7. The largest absolute Gasteiger partial charge is 0.461 e. The summed E-state index contributed by atoms with van der Waals surface area (Å²) in [5.74, 6) is -5.52. The topological polar surface area (TPSA) is 165 Å². The Morgan fingerprint density at radius 2 is 1.56 bits per heavy atom. The molecule has 1 rings (SSSR count). The molecule has 0 spiro atoms. The second-order valence-corrected chi connectivity index (χ2v) is 8.57. The summed E-state index contributed by atoms with van der Waals surface area (Å²) in [4.78, 5) is 72.2. The van der Waals surface area contributed by atoms with Crippen molar-refractivity contribution in [2.75, 3.05) is 6.54 Å². The second kappa shape index (κ2) is 14.4. The van der Waals surface area contributed by atoms with Crippen LogP contribution in [0.5, 0.6) is 0 Å². The lowest BCUT2D eigenvalue weighted by molar-refractivity contribution is -0.152. The second-order valence-electron chi connectivity index (χ2n) is 8.57. The SMILES string of the molecule is CC(=O)/C=C/C(=O)N(CC(N)=O)NC(=O)[C@H](C)NC(=O)[C@H](C)C(C)[C@H](C)C(=O)OCc1ccccc1. The van der Waals surface area contributed by atoms with Crippen molar-refractivity contribution in [3.8, 4) is 0 Å². The van der Waals surface area contributed by atoms with E-state index in [1.807, 2.05) is 30.3 Å². The molecule has 4 N–H and O–H groups in total. The molecule has 4 amide bonds. The molecular weight excluding hydrogens is 468 g/mol. The van der Waals surface area contributed by atoms with Gasteiger partial charge in [0.05, 0.1) is 5.92 Å². The van der Waals surface area contributed by atoms with E-state index in [1.54, 1.807) is 20.8 Å². The van der Waals surface area contributed by atoms with Gasteiger partial charge in [0.25, 0.3) is 11.8 Å². The summed E-state index contributed by atoms with van der Waals surface area (Å²) in [5, 5.41) is 3.17. The van der Waals surface area contributed by atoms with Gasteiger partial charge in [0.2, 0.25) is 11.8 Å². The smallest absolute Gasteiger partial charge is 0.309 e. The number of hydrogen-bond donors (Lipinski definition) is 3. The van der Waals surface area contributed by atoms with Gasteiger partial charge in [-0.1, -0.05) is 51.1 Å². The van der Waals surface area contributed by atoms with E-state index in [4.69, 9.17) is 10.5 Å². The Kier molecular flexibility index (Phi) is 12.0. The van der Waals surface area contributed by atoms with E-state index in [-0.39, 0.29) is 6.61 Å². The van der Waals surface area contributed by atoms with E-state index < -0.39 is 65.7 Å². The van der Waals surface area contributed by atoms with Gasteiger partial charge in [-0.25, -0.2) is 5.01 Å². The maximum atomic E-state index is 12.7. The van der Waals surface area contributed by atoms with Gasteiger partial charge in [0, 0.05) is 12.0 Å². The molecule has 196 valence electrons. The number of benzene rings is 1. The lowest BCUT2D eigenvalue weighted by Crippen LogP contribution is -2.55. The van der Waals surface area contributed by atoms with Crippen LogP contribution in [0.25, 0.3) is 0 Å². The Morgan fingerprint density at radius 1 is 0.944 bits per heavy atom. The highest BCUT2D eigenvalue weighted by Crippen LogP contribution is 2.22. The first kappa shape index (κ1) is 30.0. The molecule has 36 heavy (non-hydrogen) atoms. The number of ether oxygens (including phenoxy) is 1. The number of carbonyl (C=O) groups is 6. The Labute approximate surface area is 210 Å². The number of nitrogens with zero attached hydrogens (tertiary/aromatic N) is 1. The third kappa shape index (κ3) is 10.1. The third-order valence-corrected chi connectivity index (χ3v) is 5.62. The summed E-state index contributed by atoms with van der Waals surface area (Å²) in [6, 6.07) is 8.11. The quantitative estimate of drug-likeness (QED) is 0.214. The van der Waals surface area contributed by atoms with Crippen molar-refractivity contribution in [1.82, 2.24) is 15.8 Å². The number of allylic oxidation sites excluding steroid dienone is 1. The monoisotopic (exact) mass is 502 g/mol. The number of primary amides is 1. The average molecular weight is 503 g/mol. The minimum Gasteiger partial charge on any atom is -0.461 e. The van der Waals surface area contributed by atoms with Gasteiger partial charge in [-0.05, 0) is 31.4 Å². The average Bonchev–Trinajstić information content (AvgIpc) is 2.83. The standard InChI is InChI=1S/C25H34N4O7/c1-15(30)11-12-22(32)29(13-21(26)31)28-24(34)19(5)27-23(33)17(3)16(2)18(4)25(35)36-14-20-9-7-6-8-10-20/h6-12,16-19H,13-14H2,1-5H3,(H2,26,31)(H,27,33)(H,28,34)/b12-11+/t16?,17-,18+,19+/m1/s1. The van der Waals surface area contributed by atoms with Crippen LogP contribution in [0.3, 0.4) is 0 Å². The molecule has 0 aliphatic rings. The molecule has 0 bridgehead atoms.